The number of alkyl halides is 3. The van der Waals surface area contributed by atoms with Crippen molar-refractivity contribution >= 4 is 5.91 Å². The lowest BCUT2D eigenvalue weighted by atomic mass is 9.81. The maximum Gasteiger partial charge on any atom is 0.391 e. The van der Waals surface area contributed by atoms with Crippen molar-refractivity contribution in [1.82, 2.24) is 21.2 Å². The topological polar surface area (TPSA) is 74.9 Å². The smallest absolute Gasteiger partial charge is 0.375 e. The van der Waals surface area contributed by atoms with Crippen LogP contribution in [0.1, 0.15) is 44.9 Å². The Labute approximate surface area is 169 Å². The Balaban J connectivity index is 1.19. The average molecular weight is 420 g/mol. The van der Waals surface area contributed by atoms with Gasteiger partial charge in [0.25, 0.3) is 0 Å². The first-order valence-corrected chi connectivity index (χ1v) is 10.8. The molecule has 1 amide bonds. The van der Waals surface area contributed by atoms with E-state index in [1.165, 1.54) is 0 Å². The van der Waals surface area contributed by atoms with Crippen LogP contribution >= 0.6 is 0 Å². The molecule has 3 N–H and O–H groups in total. The first kappa shape index (κ1) is 21.3. The number of hydrazine groups is 1. The molecule has 0 aromatic rings. The molecule has 4 rings (SSSR count). The van der Waals surface area contributed by atoms with E-state index in [9.17, 15) is 18.0 Å². The molecule has 29 heavy (non-hydrogen) atoms. The molecule has 10 heteroatoms. The lowest BCUT2D eigenvalue weighted by Gasteiger charge is -2.32. The zero-order valence-electron chi connectivity index (χ0n) is 16.5. The summed E-state index contributed by atoms with van der Waals surface area (Å²) in [4.78, 5) is 18.1. The molecule has 3 aliphatic heterocycles. The zero-order chi connectivity index (χ0) is 20.4. The van der Waals surface area contributed by atoms with Crippen LogP contribution in [0.3, 0.4) is 0 Å². The van der Waals surface area contributed by atoms with E-state index in [-0.39, 0.29) is 42.9 Å². The van der Waals surface area contributed by atoms with Crippen molar-refractivity contribution in [3.8, 4) is 0 Å². The van der Waals surface area contributed by atoms with Crippen LogP contribution in [0.25, 0.3) is 0 Å². The van der Waals surface area contributed by atoms with Crippen LogP contribution in [0.5, 0.6) is 0 Å². The van der Waals surface area contributed by atoms with Gasteiger partial charge in [0.2, 0.25) is 5.91 Å². The minimum absolute atomic E-state index is 0.0365. The second-order valence-corrected chi connectivity index (χ2v) is 8.86. The van der Waals surface area contributed by atoms with Crippen molar-refractivity contribution in [3.63, 3.8) is 0 Å². The third kappa shape index (κ3) is 5.41. The largest absolute Gasteiger partial charge is 0.391 e. The summed E-state index contributed by atoms with van der Waals surface area (Å²) in [6, 6.07) is -0.461. The fourth-order valence-corrected chi connectivity index (χ4v) is 5.02. The highest BCUT2D eigenvalue weighted by molar-refractivity contribution is 5.82. The molecule has 6 unspecified atom stereocenters. The number of amides is 1. The number of hydrogen-bond donors (Lipinski definition) is 3. The highest BCUT2D eigenvalue weighted by Crippen LogP contribution is 2.40. The van der Waals surface area contributed by atoms with Gasteiger partial charge in [0, 0.05) is 32.7 Å². The van der Waals surface area contributed by atoms with Crippen molar-refractivity contribution < 1.29 is 27.5 Å². The number of ether oxygens (including phenoxy) is 1. The Kier molecular flexibility index (Phi) is 6.65. The number of nitrogens with zero attached hydrogens (tertiary/aromatic N) is 1. The number of rotatable bonds is 5. The van der Waals surface area contributed by atoms with Crippen LogP contribution in [-0.2, 0) is 14.4 Å². The molecule has 3 saturated heterocycles. The Morgan fingerprint density at radius 2 is 2.00 bits per heavy atom. The third-order valence-corrected chi connectivity index (χ3v) is 6.60. The summed E-state index contributed by atoms with van der Waals surface area (Å²) in [5.74, 6) is -1.24. The van der Waals surface area contributed by atoms with Gasteiger partial charge in [-0.2, -0.15) is 18.7 Å². The number of halogens is 3. The molecule has 6 atom stereocenters. The molecular weight excluding hydrogens is 389 g/mol. The van der Waals surface area contributed by atoms with E-state index in [0.29, 0.717) is 32.5 Å². The van der Waals surface area contributed by atoms with Crippen molar-refractivity contribution in [2.45, 2.75) is 75.4 Å². The van der Waals surface area contributed by atoms with Crippen LogP contribution in [0.4, 0.5) is 13.2 Å². The molecule has 1 aliphatic carbocycles. The maximum absolute atomic E-state index is 13.0. The predicted octanol–water partition coefficient (Wildman–Crippen LogP) is 1.50. The van der Waals surface area contributed by atoms with E-state index in [4.69, 9.17) is 9.57 Å². The fourth-order valence-electron chi connectivity index (χ4n) is 5.02. The Morgan fingerprint density at radius 3 is 2.76 bits per heavy atom. The first-order chi connectivity index (χ1) is 13.9. The fraction of sp³-hybridized carbons (Fsp3) is 0.947. The molecule has 0 bridgehead atoms. The Hall–Kier alpha value is -0.940. The van der Waals surface area contributed by atoms with Gasteiger partial charge in [0.05, 0.1) is 18.1 Å². The molecule has 0 radical (unpaired) electrons. The molecular formula is C19H31F3N4O3. The van der Waals surface area contributed by atoms with Crippen molar-refractivity contribution in [3.05, 3.63) is 0 Å². The highest BCUT2D eigenvalue weighted by Gasteiger charge is 2.43. The molecule has 0 aromatic heterocycles. The molecule has 4 fully saturated rings. The standard InChI is InChI=1S/C19H31F3N4O3/c20-19(21,22)13-4-1-3-12(7-13)10-26-11-14(9-23-26)24-18(27)15-8-17(29-25-15)16-5-2-6-28-16/h12-17,23,25H,1-11H2,(H,24,27). The number of hydrogen-bond acceptors (Lipinski definition) is 6. The summed E-state index contributed by atoms with van der Waals surface area (Å²) >= 11 is 0. The van der Waals surface area contributed by atoms with Crippen molar-refractivity contribution in [1.29, 1.82) is 0 Å². The van der Waals surface area contributed by atoms with Gasteiger partial charge in [-0.1, -0.05) is 6.42 Å². The van der Waals surface area contributed by atoms with E-state index >= 15 is 0 Å². The summed E-state index contributed by atoms with van der Waals surface area (Å²) < 4.78 is 44.7. The number of carbonyl (C=O) groups excluding carboxylic acids is 1. The minimum Gasteiger partial charge on any atom is -0.375 e. The maximum atomic E-state index is 13.0. The zero-order valence-corrected chi connectivity index (χ0v) is 16.5. The lowest BCUT2D eigenvalue weighted by molar-refractivity contribution is -0.186. The summed E-state index contributed by atoms with van der Waals surface area (Å²) in [6.07, 6.45) is 0.333. The van der Waals surface area contributed by atoms with Crippen LogP contribution in [-0.4, -0.2) is 67.6 Å². The second kappa shape index (κ2) is 9.05. The van der Waals surface area contributed by atoms with Crippen LogP contribution < -0.4 is 16.2 Å². The van der Waals surface area contributed by atoms with Gasteiger partial charge in [0.1, 0.15) is 12.1 Å². The Bertz CT molecular complexity index is 573. The molecule has 4 aliphatic rings. The third-order valence-electron chi connectivity index (χ3n) is 6.60. The van der Waals surface area contributed by atoms with Crippen molar-refractivity contribution in [2.75, 3.05) is 26.2 Å². The summed E-state index contributed by atoms with van der Waals surface area (Å²) in [5.41, 5.74) is 6.04. The number of hydroxylamine groups is 1. The van der Waals surface area contributed by atoms with Gasteiger partial charge in [-0.3, -0.25) is 15.1 Å². The van der Waals surface area contributed by atoms with E-state index in [1.54, 1.807) is 0 Å². The van der Waals surface area contributed by atoms with Crippen LogP contribution in [0.15, 0.2) is 0 Å². The van der Waals surface area contributed by atoms with Gasteiger partial charge >= 0.3 is 6.18 Å². The molecule has 7 nitrogen and oxygen atoms in total. The summed E-state index contributed by atoms with van der Waals surface area (Å²) in [5, 5.41) is 4.99. The molecule has 3 heterocycles. The first-order valence-electron chi connectivity index (χ1n) is 10.8. The second-order valence-electron chi connectivity index (χ2n) is 8.86. The SMILES string of the molecule is O=C(NC1CNN(CC2CCCC(C(F)(F)F)C2)C1)C1CC(C2CCCO2)ON1. The minimum atomic E-state index is -4.09. The van der Waals surface area contributed by atoms with E-state index < -0.39 is 18.1 Å². The van der Waals surface area contributed by atoms with Gasteiger partial charge in [-0.05, 0) is 38.0 Å². The van der Waals surface area contributed by atoms with Crippen LogP contribution in [0, 0.1) is 11.8 Å². The predicted molar refractivity (Wildman–Crippen MR) is 98.4 cm³/mol. The van der Waals surface area contributed by atoms with Gasteiger partial charge in [0.15, 0.2) is 0 Å². The summed E-state index contributed by atoms with van der Waals surface area (Å²) in [7, 11) is 0. The van der Waals surface area contributed by atoms with Gasteiger partial charge in [-0.25, -0.2) is 5.01 Å². The monoisotopic (exact) mass is 420 g/mol. The Morgan fingerprint density at radius 1 is 1.14 bits per heavy atom. The molecule has 0 spiro atoms. The number of nitrogens with one attached hydrogen (secondary N) is 3. The summed E-state index contributed by atoms with van der Waals surface area (Å²) in [6.45, 7) is 2.52. The van der Waals surface area contributed by atoms with Gasteiger partial charge < -0.3 is 10.1 Å². The molecule has 166 valence electrons. The van der Waals surface area contributed by atoms with E-state index in [1.807, 2.05) is 5.01 Å². The average Bonchev–Trinajstić information content (AvgIpc) is 3.43. The highest BCUT2D eigenvalue weighted by atomic mass is 19.4. The molecule has 1 saturated carbocycles. The number of carbonyl (C=O) groups is 1. The van der Waals surface area contributed by atoms with Gasteiger partial charge in [-0.15, -0.1) is 0 Å². The lowest BCUT2D eigenvalue weighted by Crippen LogP contribution is -2.47. The van der Waals surface area contributed by atoms with E-state index in [0.717, 1.165) is 25.9 Å². The molecule has 0 aromatic carbocycles. The quantitative estimate of drug-likeness (QED) is 0.626. The normalized spacial score (nSPS) is 39.1. The van der Waals surface area contributed by atoms with Crippen molar-refractivity contribution in [2.24, 2.45) is 11.8 Å². The van der Waals surface area contributed by atoms with Crippen LogP contribution in [0.2, 0.25) is 0 Å². The van der Waals surface area contributed by atoms with E-state index in [2.05, 4.69) is 16.2 Å².